The molecular formula is C13H20N4O. The largest absolute Gasteiger partial charge is 0.382 e. The molecule has 5 nitrogen and oxygen atoms in total. The molecule has 1 aromatic heterocycles. The van der Waals surface area contributed by atoms with Crippen LogP contribution in [0.3, 0.4) is 0 Å². The van der Waals surface area contributed by atoms with E-state index >= 15 is 0 Å². The van der Waals surface area contributed by atoms with E-state index in [-0.39, 0.29) is 17.4 Å². The second-order valence-electron chi connectivity index (χ2n) is 4.84. The molecule has 5 heteroatoms. The Morgan fingerprint density at radius 2 is 2.28 bits per heavy atom. The normalized spacial score (nSPS) is 19.8. The van der Waals surface area contributed by atoms with Gasteiger partial charge >= 0.3 is 0 Å². The lowest BCUT2D eigenvalue weighted by Gasteiger charge is -2.32. The number of piperidine rings is 1. The van der Waals surface area contributed by atoms with Crippen LogP contribution in [0.2, 0.25) is 0 Å². The Balaban J connectivity index is 2.07. The van der Waals surface area contributed by atoms with Crippen molar-refractivity contribution in [1.82, 2.24) is 14.9 Å². The Labute approximate surface area is 107 Å². The molecule has 0 saturated carbocycles. The number of carbonyl (C=O) groups is 1. The smallest absolute Gasteiger partial charge is 0.276 e. The number of likely N-dealkylation sites (tertiary alicyclic amines) is 1. The number of nitrogen functional groups attached to an aromatic ring is 1. The number of aromatic nitrogens is 2. The maximum absolute atomic E-state index is 12.3. The first kappa shape index (κ1) is 12.8. The minimum Gasteiger partial charge on any atom is -0.382 e. The lowest BCUT2D eigenvalue weighted by atomic mass is 9.93. The topological polar surface area (TPSA) is 72.1 Å². The standard InChI is InChI=1S/C13H20N4O/c1-2-4-10-5-3-8-17(9-10)13(18)11-12(14)16-7-6-15-11/h6-7,10H,2-5,8-9H2,1H3,(H2,14,16). The van der Waals surface area contributed by atoms with Crippen molar-refractivity contribution < 1.29 is 4.79 Å². The molecule has 2 heterocycles. The summed E-state index contributed by atoms with van der Waals surface area (Å²) in [6, 6.07) is 0. The number of hydrogen-bond acceptors (Lipinski definition) is 4. The Morgan fingerprint density at radius 1 is 1.50 bits per heavy atom. The van der Waals surface area contributed by atoms with Gasteiger partial charge in [-0.15, -0.1) is 0 Å². The predicted octanol–water partition coefficient (Wildman–Crippen LogP) is 1.71. The van der Waals surface area contributed by atoms with E-state index < -0.39 is 0 Å². The second-order valence-corrected chi connectivity index (χ2v) is 4.84. The van der Waals surface area contributed by atoms with Gasteiger partial charge in [0.05, 0.1) is 0 Å². The summed E-state index contributed by atoms with van der Waals surface area (Å²) in [5.41, 5.74) is 5.99. The third-order valence-corrected chi connectivity index (χ3v) is 3.43. The number of amides is 1. The molecule has 1 aliphatic heterocycles. The third-order valence-electron chi connectivity index (χ3n) is 3.43. The Bertz CT molecular complexity index is 419. The van der Waals surface area contributed by atoms with Crippen LogP contribution in [0.15, 0.2) is 12.4 Å². The minimum atomic E-state index is -0.0820. The molecule has 0 aromatic carbocycles. The molecule has 0 radical (unpaired) electrons. The molecule has 1 amide bonds. The number of carbonyl (C=O) groups excluding carboxylic acids is 1. The maximum Gasteiger partial charge on any atom is 0.276 e. The van der Waals surface area contributed by atoms with Crippen LogP contribution in [0.4, 0.5) is 5.82 Å². The zero-order valence-corrected chi connectivity index (χ0v) is 10.8. The summed E-state index contributed by atoms with van der Waals surface area (Å²) in [4.78, 5) is 22.1. The van der Waals surface area contributed by atoms with E-state index in [9.17, 15) is 4.79 Å². The molecule has 18 heavy (non-hydrogen) atoms. The number of anilines is 1. The zero-order valence-electron chi connectivity index (χ0n) is 10.8. The van der Waals surface area contributed by atoms with E-state index in [1.807, 2.05) is 4.90 Å². The van der Waals surface area contributed by atoms with Crippen molar-refractivity contribution in [2.45, 2.75) is 32.6 Å². The molecule has 1 atom stereocenters. The maximum atomic E-state index is 12.3. The van der Waals surface area contributed by atoms with Gasteiger partial charge in [-0.25, -0.2) is 9.97 Å². The van der Waals surface area contributed by atoms with Gasteiger partial charge in [0.15, 0.2) is 11.5 Å². The third kappa shape index (κ3) is 2.78. The predicted molar refractivity (Wildman–Crippen MR) is 70.0 cm³/mol. The molecule has 2 N–H and O–H groups in total. The van der Waals surface area contributed by atoms with Gasteiger partial charge in [-0.05, 0) is 25.2 Å². The highest BCUT2D eigenvalue weighted by atomic mass is 16.2. The Hall–Kier alpha value is -1.65. The van der Waals surface area contributed by atoms with Crippen LogP contribution < -0.4 is 5.73 Å². The van der Waals surface area contributed by atoms with Crippen LogP contribution in [0, 0.1) is 5.92 Å². The first-order chi connectivity index (χ1) is 8.72. The number of hydrogen-bond donors (Lipinski definition) is 1. The second kappa shape index (κ2) is 5.80. The van der Waals surface area contributed by atoms with Crippen LogP contribution in [0.1, 0.15) is 43.1 Å². The lowest BCUT2D eigenvalue weighted by molar-refractivity contribution is 0.0662. The molecule has 98 valence electrons. The van der Waals surface area contributed by atoms with E-state index in [0.717, 1.165) is 19.5 Å². The molecule has 1 saturated heterocycles. The Morgan fingerprint density at radius 3 is 3.00 bits per heavy atom. The summed E-state index contributed by atoms with van der Waals surface area (Å²) in [6.45, 7) is 3.80. The Kier molecular flexibility index (Phi) is 4.12. The molecule has 0 spiro atoms. The number of nitrogens with two attached hydrogens (primary N) is 1. The van der Waals surface area contributed by atoms with E-state index in [4.69, 9.17) is 5.73 Å². The molecule has 0 aliphatic carbocycles. The highest BCUT2D eigenvalue weighted by molar-refractivity contribution is 5.96. The fraction of sp³-hybridized carbons (Fsp3) is 0.615. The van der Waals surface area contributed by atoms with Crippen LogP contribution in [0.5, 0.6) is 0 Å². The van der Waals surface area contributed by atoms with Gasteiger partial charge < -0.3 is 10.6 Å². The molecule has 0 bridgehead atoms. The highest BCUT2D eigenvalue weighted by Gasteiger charge is 2.26. The molecule has 1 unspecified atom stereocenters. The lowest BCUT2D eigenvalue weighted by Crippen LogP contribution is -2.40. The highest BCUT2D eigenvalue weighted by Crippen LogP contribution is 2.22. The van der Waals surface area contributed by atoms with Crippen molar-refractivity contribution in [1.29, 1.82) is 0 Å². The quantitative estimate of drug-likeness (QED) is 0.884. The number of nitrogens with zero attached hydrogens (tertiary/aromatic N) is 3. The fourth-order valence-electron chi connectivity index (χ4n) is 2.56. The van der Waals surface area contributed by atoms with Gasteiger partial charge in [-0.2, -0.15) is 0 Å². The van der Waals surface area contributed by atoms with Crippen molar-refractivity contribution in [3.63, 3.8) is 0 Å². The molecular weight excluding hydrogens is 228 g/mol. The van der Waals surface area contributed by atoms with Gasteiger partial charge in [0, 0.05) is 25.5 Å². The van der Waals surface area contributed by atoms with Gasteiger partial charge in [0.1, 0.15) is 0 Å². The molecule has 1 aromatic rings. The summed E-state index contributed by atoms with van der Waals surface area (Å²) in [5, 5.41) is 0. The van der Waals surface area contributed by atoms with Crippen molar-refractivity contribution >= 4 is 11.7 Å². The molecule has 2 rings (SSSR count). The zero-order chi connectivity index (χ0) is 13.0. The average molecular weight is 248 g/mol. The molecule has 1 fully saturated rings. The van der Waals surface area contributed by atoms with E-state index in [1.165, 1.54) is 31.7 Å². The minimum absolute atomic E-state index is 0.0820. The summed E-state index contributed by atoms with van der Waals surface area (Å²) >= 11 is 0. The van der Waals surface area contributed by atoms with E-state index in [0.29, 0.717) is 5.92 Å². The summed E-state index contributed by atoms with van der Waals surface area (Å²) in [7, 11) is 0. The van der Waals surface area contributed by atoms with Crippen molar-refractivity contribution in [2.75, 3.05) is 18.8 Å². The first-order valence-electron chi connectivity index (χ1n) is 6.58. The summed E-state index contributed by atoms with van der Waals surface area (Å²) in [5.74, 6) is 0.757. The van der Waals surface area contributed by atoms with E-state index in [2.05, 4.69) is 16.9 Å². The van der Waals surface area contributed by atoms with Crippen LogP contribution in [-0.4, -0.2) is 33.9 Å². The van der Waals surface area contributed by atoms with E-state index in [1.54, 1.807) is 0 Å². The van der Waals surface area contributed by atoms with Gasteiger partial charge in [0.2, 0.25) is 0 Å². The SMILES string of the molecule is CCCC1CCCN(C(=O)c2nccnc2N)C1. The first-order valence-corrected chi connectivity index (χ1v) is 6.58. The van der Waals surface area contributed by atoms with Crippen molar-refractivity contribution in [3.05, 3.63) is 18.1 Å². The fourth-order valence-corrected chi connectivity index (χ4v) is 2.56. The van der Waals surface area contributed by atoms with Crippen LogP contribution in [-0.2, 0) is 0 Å². The van der Waals surface area contributed by atoms with Crippen molar-refractivity contribution in [2.24, 2.45) is 5.92 Å². The van der Waals surface area contributed by atoms with Gasteiger partial charge in [-0.1, -0.05) is 13.3 Å². The van der Waals surface area contributed by atoms with Gasteiger partial charge in [0.25, 0.3) is 5.91 Å². The molecule has 1 aliphatic rings. The monoisotopic (exact) mass is 248 g/mol. The average Bonchev–Trinajstić information content (AvgIpc) is 2.39. The summed E-state index contributed by atoms with van der Waals surface area (Å²) in [6.07, 6.45) is 7.64. The summed E-state index contributed by atoms with van der Waals surface area (Å²) < 4.78 is 0. The van der Waals surface area contributed by atoms with Crippen molar-refractivity contribution in [3.8, 4) is 0 Å². The van der Waals surface area contributed by atoms with Gasteiger partial charge in [-0.3, -0.25) is 4.79 Å². The number of rotatable bonds is 3. The van der Waals surface area contributed by atoms with Crippen LogP contribution >= 0.6 is 0 Å². The van der Waals surface area contributed by atoms with Crippen LogP contribution in [0.25, 0.3) is 0 Å².